The molecule has 1 aliphatic rings. The lowest BCUT2D eigenvalue weighted by Gasteiger charge is -2.15. The summed E-state index contributed by atoms with van der Waals surface area (Å²) in [7, 11) is 0. The van der Waals surface area contributed by atoms with E-state index in [0.29, 0.717) is 25.3 Å². The zero-order valence-electron chi connectivity index (χ0n) is 10.6. The second-order valence-electron chi connectivity index (χ2n) is 4.59. The van der Waals surface area contributed by atoms with Crippen LogP contribution in [0.2, 0.25) is 0 Å². The van der Waals surface area contributed by atoms with Gasteiger partial charge >= 0.3 is 5.97 Å². The predicted octanol–water partition coefficient (Wildman–Crippen LogP) is 1.37. The van der Waals surface area contributed by atoms with Gasteiger partial charge in [-0.15, -0.1) is 24.8 Å². The Balaban J connectivity index is 0. The summed E-state index contributed by atoms with van der Waals surface area (Å²) in [4.78, 5) is 14.5. The maximum Gasteiger partial charge on any atom is 0.320 e. The highest BCUT2D eigenvalue weighted by molar-refractivity contribution is 5.85. The van der Waals surface area contributed by atoms with E-state index in [4.69, 9.17) is 16.6 Å². The molecule has 1 fully saturated rings. The van der Waals surface area contributed by atoms with E-state index >= 15 is 0 Å². The zero-order chi connectivity index (χ0) is 12.8. The van der Waals surface area contributed by atoms with Gasteiger partial charge in [0.25, 0.3) is 0 Å². The maximum atomic E-state index is 12.1. The molecule has 114 valence electrons. The van der Waals surface area contributed by atoms with E-state index in [2.05, 4.69) is 4.99 Å². The number of hydrogen-bond acceptors (Lipinski definition) is 3. The molecule has 0 saturated heterocycles. The van der Waals surface area contributed by atoms with Crippen LogP contribution in [-0.4, -0.2) is 36.2 Å². The van der Waals surface area contributed by atoms with Gasteiger partial charge in [-0.05, 0) is 37.5 Å². The first-order chi connectivity index (χ1) is 8.04. The van der Waals surface area contributed by atoms with Gasteiger partial charge in [0, 0.05) is 6.54 Å². The number of amidine groups is 1. The van der Waals surface area contributed by atoms with Crippen molar-refractivity contribution >= 4 is 36.6 Å². The van der Waals surface area contributed by atoms with E-state index in [9.17, 15) is 9.18 Å². The van der Waals surface area contributed by atoms with Crippen molar-refractivity contribution in [2.24, 2.45) is 28.3 Å². The van der Waals surface area contributed by atoms with Gasteiger partial charge in [0.05, 0.1) is 0 Å². The summed E-state index contributed by atoms with van der Waals surface area (Å²) in [5.74, 6) is -0.109. The molecule has 0 spiro atoms. The Morgan fingerprint density at radius 1 is 1.37 bits per heavy atom. The summed E-state index contributed by atoms with van der Waals surface area (Å²) in [5, 5.41) is 8.68. The SMILES string of the molecule is Cl.Cl.NC(CF)=NCC(CCC(N)C(=O)O)C1CC1. The van der Waals surface area contributed by atoms with Crippen molar-refractivity contribution in [1.82, 2.24) is 0 Å². The number of hydrogen-bond donors (Lipinski definition) is 3. The van der Waals surface area contributed by atoms with Crippen molar-refractivity contribution in [2.75, 3.05) is 13.2 Å². The molecular formula is C11H22Cl2FN3O2. The number of aliphatic carboxylic acids is 1. The van der Waals surface area contributed by atoms with Crippen LogP contribution in [0.25, 0.3) is 0 Å². The summed E-state index contributed by atoms with van der Waals surface area (Å²) in [6.07, 6.45) is 3.42. The molecule has 0 aromatic rings. The Morgan fingerprint density at radius 2 is 1.95 bits per heavy atom. The minimum atomic E-state index is -0.980. The van der Waals surface area contributed by atoms with Gasteiger partial charge in [-0.1, -0.05) is 0 Å². The average Bonchev–Trinajstić information content (AvgIpc) is 3.12. The molecule has 0 aliphatic heterocycles. The van der Waals surface area contributed by atoms with Crippen LogP contribution in [0, 0.1) is 11.8 Å². The van der Waals surface area contributed by atoms with Crippen LogP contribution in [-0.2, 0) is 4.79 Å². The summed E-state index contributed by atoms with van der Waals surface area (Å²) in [6.45, 7) is -0.251. The van der Waals surface area contributed by atoms with Crippen LogP contribution in [0.3, 0.4) is 0 Å². The molecular weight excluding hydrogens is 296 g/mol. The normalized spacial score (nSPS) is 17.9. The number of carboxylic acid groups (broad SMARTS) is 1. The van der Waals surface area contributed by atoms with Crippen LogP contribution in [0.4, 0.5) is 4.39 Å². The minimum Gasteiger partial charge on any atom is -0.480 e. The highest BCUT2D eigenvalue weighted by Gasteiger charge is 2.31. The van der Waals surface area contributed by atoms with Crippen LogP contribution in [0.1, 0.15) is 25.7 Å². The predicted molar refractivity (Wildman–Crippen MR) is 78.0 cm³/mol. The highest BCUT2D eigenvalue weighted by atomic mass is 35.5. The van der Waals surface area contributed by atoms with Crippen molar-refractivity contribution in [3.63, 3.8) is 0 Å². The van der Waals surface area contributed by atoms with Gasteiger partial charge in [-0.3, -0.25) is 9.79 Å². The largest absolute Gasteiger partial charge is 0.480 e. The molecule has 19 heavy (non-hydrogen) atoms. The lowest BCUT2D eigenvalue weighted by atomic mass is 9.95. The van der Waals surface area contributed by atoms with E-state index in [1.165, 1.54) is 0 Å². The van der Waals surface area contributed by atoms with Crippen LogP contribution >= 0.6 is 24.8 Å². The molecule has 0 radical (unpaired) electrons. The quantitative estimate of drug-likeness (QED) is 0.465. The topological polar surface area (TPSA) is 102 Å². The van der Waals surface area contributed by atoms with Crippen molar-refractivity contribution in [3.05, 3.63) is 0 Å². The Hall–Kier alpha value is -0.590. The third-order valence-corrected chi connectivity index (χ3v) is 3.12. The van der Waals surface area contributed by atoms with Crippen molar-refractivity contribution in [2.45, 2.75) is 31.7 Å². The number of aliphatic imine (C=N–C) groups is 1. The van der Waals surface area contributed by atoms with Crippen LogP contribution < -0.4 is 11.5 Å². The van der Waals surface area contributed by atoms with Crippen LogP contribution in [0.5, 0.6) is 0 Å². The fraction of sp³-hybridized carbons (Fsp3) is 0.818. The monoisotopic (exact) mass is 317 g/mol. The number of alkyl halides is 1. The third-order valence-electron chi connectivity index (χ3n) is 3.12. The number of carboxylic acids is 1. The van der Waals surface area contributed by atoms with Gasteiger partial charge in [-0.2, -0.15) is 0 Å². The third kappa shape index (κ3) is 8.23. The molecule has 0 heterocycles. The summed E-state index contributed by atoms with van der Waals surface area (Å²) in [5.41, 5.74) is 10.7. The van der Waals surface area contributed by atoms with Gasteiger partial charge in [0.2, 0.25) is 0 Å². The highest BCUT2D eigenvalue weighted by Crippen LogP contribution is 2.39. The van der Waals surface area contributed by atoms with E-state index in [0.717, 1.165) is 12.8 Å². The molecule has 2 unspecified atom stereocenters. The van der Waals surface area contributed by atoms with Crippen molar-refractivity contribution < 1.29 is 14.3 Å². The molecule has 1 rings (SSSR count). The Morgan fingerprint density at radius 3 is 2.37 bits per heavy atom. The number of nitrogens with two attached hydrogens (primary N) is 2. The molecule has 2 atom stereocenters. The van der Waals surface area contributed by atoms with Crippen molar-refractivity contribution in [3.8, 4) is 0 Å². The standard InChI is InChI=1S/C11H20FN3O2.2ClH/c12-5-10(14)15-6-8(7-1-2-7)3-4-9(13)11(16)17;;/h7-9H,1-6,13H2,(H2,14,15)(H,16,17);2*1H. The first-order valence-electron chi connectivity index (χ1n) is 5.87. The van der Waals surface area contributed by atoms with Gasteiger partial charge in [0.15, 0.2) is 0 Å². The smallest absolute Gasteiger partial charge is 0.320 e. The van der Waals surface area contributed by atoms with E-state index in [1.54, 1.807) is 0 Å². The number of carbonyl (C=O) groups is 1. The molecule has 0 amide bonds. The Bertz CT molecular complexity index is 302. The summed E-state index contributed by atoms with van der Waals surface area (Å²) < 4.78 is 12.1. The molecule has 1 aliphatic carbocycles. The first kappa shape index (κ1) is 20.7. The fourth-order valence-electron chi connectivity index (χ4n) is 1.84. The molecule has 5 nitrogen and oxygen atoms in total. The second-order valence-corrected chi connectivity index (χ2v) is 4.59. The maximum absolute atomic E-state index is 12.1. The molecule has 8 heteroatoms. The second kappa shape index (κ2) is 10.2. The molecule has 0 bridgehead atoms. The van der Waals surface area contributed by atoms with Crippen molar-refractivity contribution in [1.29, 1.82) is 0 Å². The minimum absolute atomic E-state index is 0. The van der Waals surface area contributed by atoms with E-state index in [-0.39, 0.29) is 36.6 Å². The lowest BCUT2D eigenvalue weighted by Crippen LogP contribution is -2.31. The van der Waals surface area contributed by atoms with E-state index < -0.39 is 18.7 Å². The molecule has 5 N–H and O–H groups in total. The van der Waals surface area contributed by atoms with Gasteiger partial charge in [0.1, 0.15) is 18.6 Å². The fourth-order valence-corrected chi connectivity index (χ4v) is 1.84. The number of rotatable bonds is 8. The number of halogens is 3. The van der Waals surface area contributed by atoms with E-state index in [1.807, 2.05) is 0 Å². The summed E-state index contributed by atoms with van der Waals surface area (Å²) >= 11 is 0. The zero-order valence-corrected chi connectivity index (χ0v) is 12.3. The number of nitrogens with zero attached hydrogens (tertiary/aromatic N) is 1. The van der Waals surface area contributed by atoms with Gasteiger partial charge < -0.3 is 16.6 Å². The molecule has 0 aromatic carbocycles. The first-order valence-corrected chi connectivity index (χ1v) is 5.87. The van der Waals surface area contributed by atoms with Gasteiger partial charge in [-0.25, -0.2) is 4.39 Å². The Kier molecular flexibility index (Phi) is 11.2. The molecule has 0 aromatic heterocycles. The molecule has 1 saturated carbocycles. The lowest BCUT2D eigenvalue weighted by molar-refractivity contribution is -0.138. The summed E-state index contributed by atoms with van der Waals surface area (Å²) in [6, 6.07) is -0.821. The average molecular weight is 318 g/mol. The Labute approximate surface area is 124 Å². The van der Waals surface area contributed by atoms with Crippen LogP contribution in [0.15, 0.2) is 4.99 Å².